The van der Waals surface area contributed by atoms with Crippen LogP contribution in [-0.4, -0.2) is 71.1 Å². The second kappa shape index (κ2) is 12.8. The zero-order chi connectivity index (χ0) is 33.7. The quantitative estimate of drug-likeness (QED) is 0.209. The van der Waals surface area contributed by atoms with Crippen molar-refractivity contribution in [2.45, 2.75) is 43.8 Å². The van der Waals surface area contributed by atoms with Crippen molar-refractivity contribution >= 4 is 0 Å². The zero-order valence-corrected chi connectivity index (χ0v) is 28.8. The lowest BCUT2D eigenvalue weighted by molar-refractivity contribution is 0.135. The van der Waals surface area contributed by atoms with Gasteiger partial charge in [-0.3, -0.25) is 9.80 Å². The topological polar surface area (TPSA) is 82.1 Å². The summed E-state index contributed by atoms with van der Waals surface area (Å²) < 4.78 is 36.3. The first-order valence-electron chi connectivity index (χ1n) is 16.4. The number of aromatic hydroxyl groups is 1. The van der Waals surface area contributed by atoms with Crippen LogP contribution in [0.5, 0.6) is 46.0 Å². The highest BCUT2D eigenvalue weighted by atomic mass is 16.5. The molecule has 0 saturated heterocycles. The van der Waals surface area contributed by atoms with Crippen molar-refractivity contribution in [1.82, 2.24) is 9.80 Å². The van der Waals surface area contributed by atoms with E-state index in [9.17, 15) is 5.11 Å². The molecule has 0 spiro atoms. The average Bonchev–Trinajstić information content (AvgIpc) is 3.10. The van der Waals surface area contributed by atoms with Gasteiger partial charge in [-0.25, -0.2) is 0 Å². The molecule has 0 amide bonds. The van der Waals surface area contributed by atoms with Crippen molar-refractivity contribution < 1.29 is 33.5 Å². The van der Waals surface area contributed by atoms with Crippen LogP contribution in [0.25, 0.3) is 0 Å². The molecule has 4 aromatic rings. The SMILES string of the molecule is COc1cc2c(cc1OC)[C@@H]1Cc3c(cc(OC)c(OC)c3Oc3cc4c(cc3OC)CCN(C)C4Cc3ccc(O)cc3)[C@H](C2)N1C. The van der Waals surface area contributed by atoms with Crippen LogP contribution < -0.4 is 28.4 Å². The predicted octanol–water partition coefficient (Wildman–Crippen LogP) is 6.83. The van der Waals surface area contributed by atoms with Crippen LogP contribution in [0, 0.1) is 0 Å². The molecule has 4 aromatic carbocycles. The summed E-state index contributed by atoms with van der Waals surface area (Å²) in [4.78, 5) is 4.83. The molecule has 9 heteroatoms. The Morgan fingerprint density at radius 1 is 0.646 bits per heavy atom. The summed E-state index contributed by atoms with van der Waals surface area (Å²) >= 11 is 0. The van der Waals surface area contributed by atoms with Crippen molar-refractivity contribution in [3.8, 4) is 46.0 Å². The molecular weight excluding hydrogens is 608 g/mol. The van der Waals surface area contributed by atoms with Crippen molar-refractivity contribution in [3.63, 3.8) is 0 Å². The fourth-order valence-corrected chi connectivity index (χ4v) is 7.93. The van der Waals surface area contributed by atoms with Crippen molar-refractivity contribution in [2.24, 2.45) is 0 Å². The van der Waals surface area contributed by atoms with E-state index in [1.165, 1.54) is 22.3 Å². The van der Waals surface area contributed by atoms with Gasteiger partial charge in [0.05, 0.1) is 35.5 Å². The van der Waals surface area contributed by atoms with E-state index in [1.54, 1.807) is 47.7 Å². The van der Waals surface area contributed by atoms with Crippen molar-refractivity contribution in [3.05, 3.63) is 93.5 Å². The molecule has 1 N–H and O–H groups in total. The second-order valence-corrected chi connectivity index (χ2v) is 12.9. The number of ether oxygens (including phenoxy) is 6. The first-order chi connectivity index (χ1) is 23.3. The Morgan fingerprint density at radius 2 is 1.25 bits per heavy atom. The molecule has 3 heterocycles. The standard InChI is InChI=1S/C39H44N2O7/c1-40-13-12-23-16-34(44-4)36(20-26(23)30(40)14-22-8-10-25(42)11-9-22)48-38-29-18-32-27-19-35(45-5)33(43-3)17-24(27)15-31(41(32)2)28(29)21-37(46-6)39(38)47-7/h8-11,16-17,19-21,30-32,42H,12-15,18H2,1-7H3/t30?,31-,32-/m0/s1. The van der Waals surface area contributed by atoms with Crippen LogP contribution in [0.3, 0.4) is 0 Å². The minimum absolute atomic E-state index is 0.0975. The Labute approximate surface area is 282 Å². The van der Waals surface area contributed by atoms with Gasteiger partial charge in [-0.15, -0.1) is 0 Å². The lowest BCUT2D eigenvalue weighted by atomic mass is 9.76. The van der Waals surface area contributed by atoms with Gasteiger partial charge < -0.3 is 33.5 Å². The summed E-state index contributed by atoms with van der Waals surface area (Å²) in [6.07, 6.45) is 3.23. The van der Waals surface area contributed by atoms with E-state index in [2.05, 4.69) is 54.2 Å². The molecule has 3 aliphatic rings. The van der Waals surface area contributed by atoms with Crippen LogP contribution in [0.15, 0.2) is 54.6 Å². The molecule has 3 aliphatic heterocycles. The van der Waals surface area contributed by atoms with E-state index in [4.69, 9.17) is 28.4 Å². The maximum Gasteiger partial charge on any atom is 0.204 e. The normalized spacial score (nSPS) is 19.9. The fraction of sp³-hybridized carbons (Fsp3) is 0.385. The molecule has 9 nitrogen and oxygen atoms in total. The smallest absolute Gasteiger partial charge is 0.204 e. The maximum absolute atomic E-state index is 9.86. The van der Waals surface area contributed by atoms with Gasteiger partial charge in [0, 0.05) is 30.2 Å². The number of nitrogens with zero attached hydrogens (tertiary/aromatic N) is 2. The lowest BCUT2D eigenvalue weighted by Crippen LogP contribution is -2.40. The van der Waals surface area contributed by atoms with Crippen LogP contribution >= 0.6 is 0 Å². The van der Waals surface area contributed by atoms with Crippen molar-refractivity contribution in [2.75, 3.05) is 56.2 Å². The number of likely N-dealkylation sites (N-methyl/N-ethyl adjacent to an activating group) is 2. The number of phenolic OH excluding ortho intramolecular Hbond substituents is 1. The Bertz CT molecular complexity index is 1840. The van der Waals surface area contributed by atoms with Gasteiger partial charge in [0.2, 0.25) is 5.75 Å². The molecule has 2 bridgehead atoms. The predicted molar refractivity (Wildman–Crippen MR) is 184 cm³/mol. The molecule has 48 heavy (non-hydrogen) atoms. The number of rotatable bonds is 9. The van der Waals surface area contributed by atoms with E-state index in [0.717, 1.165) is 54.0 Å². The summed E-state index contributed by atoms with van der Waals surface area (Å²) in [6, 6.07) is 18.4. The third-order valence-electron chi connectivity index (χ3n) is 10.5. The number of hydrogen-bond acceptors (Lipinski definition) is 9. The van der Waals surface area contributed by atoms with Gasteiger partial charge in [0.1, 0.15) is 5.75 Å². The molecule has 252 valence electrons. The third kappa shape index (κ3) is 5.35. The Kier molecular flexibility index (Phi) is 8.51. The molecule has 0 aromatic heterocycles. The van der Waals surface area contributed by atoms with Gasteiger partial charge in [0.25, 0.3) is 0 Å². The number of fused-ring (bicyclic) bond motifs is 7. The van der Waals surface area contributed by atoms with Gasteiger partial charge in [-0.2, -0.15) is 0 Å². The minimum Gasteiger partial charge on any atom is -0.508 e. The van der Waals surface area contributed by atoms with Gasteiger partial charge >= 0.3 is 0 Å². The maximum atomic E-state index is 9.86. The molecule has 7 rings (SSSR count). The number of hydrogen-bond donors (Lipinski definition) is 1. The van der Waals surface area contributed by atoms with Crippen LogP contribution in [-0.2, 0) is 25.7 Å². The molecule has 0 aliphatic carbocycles. The van der Waals surface area contributed by atoms with E-state index >= 15 is 0 Å². The Hall–Kier alpha value is -4.60. The Balaban J connectivity index is 1.33. The van der Waals surface area contributed by atoms with Gasteiger partial charge in [-0.05, 0) is 116 Å². The van der Waals surface area contributed by atoms with E-state index in [1.807, 2.05) is 12.1 Å². The summed E-state index contributed by atoms with van der Waals surface area (Å²) in [5.74, 6) is 4.87. The molecule has 1 unspecified atom stereocenters. The minimum atomic E-state index is 0.0975. The van der Waals surface area contributed by atoms with Gasteiger partial charge in [-0.1, -0.05) is 12.1 Å². The number of benzene rings is 4. The summed E-state index contributed by atoms with van der Waals surface area (Å²) in [5.41, 5.74) is 8.34. The molecule has 0 radical (unpaired) electrons. The molecule has 0 fully saturated rings. The highest BCUT2D eigenvalue weighted by molar-refractivity contribution is 5.65. The molecule has 0 saturated carbocycles. The van der Waals surface area contributed by atoms with E-state index in [0.29, 0.717) is 35.2 Å². The molecular formula is C39H44N2O7. The van der Waals surface area contributed by atoms with E-state index < -0.39 is 0 Å². The van der Waals surface area contributed by atoms with E-state index in [-0.39, 0.29) is 23.9 Å². The summed E-state index contributed by atoms with van der Waals surface area (Å²) in [7, 11) is 12.7. The molecule has 3 atom stereocenters. The Morgan fingerprint density at radius 3 is 1.94 bits per heavy atom. The highest BCUT2D eigenvalue weighted by Gasteiger charge is 2.42. The first-order valence-corrected chi connectivity index (χ1v) is 16.4. The lowest BCUT2D eigenvalue weighted by Gasteiger charge is -2.46. The fourth-order valence-electron chi connectivity index (χ4n) is 7.93. The monoisotopic (exact) mass is 652 g/mol. The average molecular weight is 653 g/mol. The number of methoxy groups -OCH3 is 5. The second-order valence-electron chi connectivity index (χ2n) is 12.9. The zero-order valence-electron chi connectivity index (χ0n) is 28.8. The van der Waals surface area contributed by atoms with Crippen LogP contribution in [0.1, 0.15) is 57.1 Å². The summed E-state index contributed by atoms with van der Waals surface area (Å²) in [5, 5.41) is 9.86. The van der Waals surface area contributed by atoms with Crippen LogP contribution in [0.2, 0.25) is 0 Å². The highest BCUT2D eigenvalue weighted by Crippen LogP contribution is 2.56. The first kappa shape index (κ1) is 32.0. The largest absolute Gasteiger partial charge is 0.508 e. The van der Waals surface area contributed by atoms with Gasteiger partial charge in [0.15, 0.2) is 34.5 Å². The summed E-state index contributed by atoms with van der Waals surface area (Å²) in [6.45, 7) is 0.935. The third-order valence-corrected chi connectivity index (χ3v) is 10.5. The number of phenols is 1. The van der Waals surface area contributed by atoms with Crippen molar-refractivity contribution in [1.29, 1.82) is 0 Å². The van der Waals surface area contributed by atoms with Crippen LogP contribution in [0.4, 0.5) is 0 Å².